The quantitative estimate of drug-likeness (QED) is 0.598. The molecule has 0 unspecified atom stereocenters. The molecule has 0 bridgehead atoms. The highest BCUT2D eigenvalue weighted by Crippen LogP contribution is 2.29. The van der Waals surface area contributed by atoms with Crippen molar-refractivity contribution in [1.82, 2.24) is 15.5 Å². The lowest BCUT2D eigenvalue weighted by Gasteiger charge is -2.16. The summed E-state index contributed by atoms with van der Waals surface area (Å²) in [4.78, 5) is 25.3. The predicted molar refractivity (Wildman–Crippen MR) is 95.0 cm³/mol. The van der Waals surface area contributed by atoms with E-state index in [0.29, 0.717) is 19.0 Å². The van der Waals surface area contributed by atoms with E-state index in [0.717, 1.165) is 18.4 Å². The average Bonchev–Trinajstić information content (AvgIpc) is 3.39. The molecule has 1 saturated carbocycles. The number of carbonyl (C=O) groups excluding carboxylic acids is 2. The normalized spacial score (nSPS) is 13.6. The monoisotopic (exact) mass is 385 g/mol. The lowest BCUT2D eigenvalue weighted by atomic mass is 10.1. The minimum atomic E-state index is -2.92. The van der Waals surface area contributed by atoms with Gasteiger partial charge < -0.3 is 20.1 Å². The number of carbonyl (C=O) groups is 2. The van der Waals surface area contributed by atoms with Crippen molar-refractivity contribution < 1.29 is 27.8 Å². The largest absolute Gasteiger partial charge is 0.493 e. The number of amides is 2. The molecular formula is C18H25F2N3O4. The highest BCUT2D eigenvalue weighted by atomic mass is 19.3. The fourth-order valence-electron chi connectivity index (χ4n) is 2.51. The zero-order chi connectivity index (χ0) is 19.8. The molecule has 1 aliphatic carbocycles. The van der Waals surface area contributed by atoms with Crippen molar-refractivity contribution in [3.05, 3.63) is 23.8 Å². The Morgan fingerprint density at radius 3 is 2.56 bits per heavy atom. The van der Waals surface area contributed by atoms with Crippen LogP contribution in [0.5, 0.6) is 11.5 Å². The van der Waals surface area contributed by atoms with Gasteiger partial charge in [-0.25, -0.2) is 0 Å². The summed E-state index contributed by atoms with van der Waals surface area (Å²) >= 11 is 0. The molecule has 7 nitrogen and oxygen atoms in total. The van der Waals surface area contributed by atoms with Gasteiger partial charge in [0.1, 0.15) is 0 Å². The summed E-state index contributed by atoms with van der Waals surface area (Å²) in [6.07, 6.45) is 2.55. The number of likely N-dealkylation sites (N-methyl/N-ethyl adjacent to an activating group) is 1. The van der Waals surface area contributed by atoms with Gasteiger partial charge in [-0.15, -0.1) is 0 Å². The number of nitrogens with one attached hydrogen (secondary N) is 2. The fourth-order valence-corrected chi connectivity index (χ4v) is 2.51. The highest BCUT2D eigenvalue weighted by Gasteiger charge is 2.23. The maximum absolute atomic E-state index is 12.3. The molecule has 0 spiro atoms. The van der Waals surface area contributed by atoms with Crippen molar-refractivity contribution >= 4 is 11.8 Å². The second-order valence-electron chi connectivity index (χ2n) is 6.48. The number of benzene rings is 1. The molecule has 2 rings (SSSR count). The smallest absolute Gasteiger partial charge is 0.387 e. The van der Waals surface area contributed by atoms with Gasteiger partial charge in [0.25, 0.3) is 0 Å². The fraction of sp³-hybridized carbons (Fsp3) is 0.556. The van der Waals surface area contributed by atoms with Crippen LogP contribution in [0.1, 0.15) is 18.4 Å². The SMILES string of the molecule is COc1cc(CCNC(=O)CN(C)CC(=O)NC2CC2)ccc1OC(F)F. The van der Waals surface area contributed by atoms with E-state index in [1.165, 1.54) is 13.2 Å². The van der Waals surface area contributed by atoms with E-state index in [-0.39, 0.29) is 36.4 Å². The van der Waals surface area contributed by atoms with E-state index in [9.17, 15) is 18.4 Å². The summed E-state index contributed by atoms with van der Waals surface area (Å²) in [6.45, 7) is -2.26. The molecule has 0 saturated heterocycles. The van der Waals surface area contributed by atoms with E-state index in [1.807, 2.05) is 0 Å². The maximum Gasteiger partial charge on any atom is 0.387 e. The third-order valence-corrected chi connectivity index (χ3v) is 3.95. The third kappa shape index (κ3) is 7.78. The van der Waals surface area contributed by atoms with E-state index in [4.69, 9.17) is 4.74 Å². The summed E-state index contributed by atoms with van der Waals surface area (Å²) in [6, 6.07) is 4.95. The molecule has 1 aliphatic rings. The Balaban J connectivity index is 1.71. The molecule has 1 fully saturated rings. The van der Waals surface area contributed by atoms with Crippen LogP contribution in [0.2, 0.25) is 0 Å². The average molecular weight is 385 g/mol. The first kappa shape index (κ1) is 20.9. The minimum Gasteiger partial charge on any atom is -0.493 e. The Morgan fingerprint density at radius 2 is 1.93 bits per heavy atom. The molecule has 0 aliphatic heterocycles. The van der Waals surface area contributed by atoms with Crippen LogP contribution in [0.15, 0.2) is 18.2 Å². The van der Waals surface area contributed by atoms with Crippen molar-refractivity contribution in [1.29, 1.82) is 0 Å². The summed E-state index contributed by atoms with van der Waals surface area (Å²) < 4.78 is 34.1. The first-order chi connectivity index (χ1) is 12.9. The van der Waals surface area contributed by atoms with Crippen LogP contribution in [-0.4, -0.2) is 63.2 Å². The molecule has 150 valence electrons. The van der Waals surface area contributed by atoms with Crippen LogP contribution in [0, 0.1) is 0 Å². The Bertz CT molecular complexity index is 653. The molecule has 9 heteroatoms. The van der Waals surface area contributed by atoms with E-state index >= 15 is 0 Å². The lowest BCUT2D eigenvalue weighted by molar-refractivity contribution is -0.124. The van der Waals surface area contributed by atoms with Gasteiger partial charge in [-0.3, -0.25) is 14.5 Å². The summed E-state index contributed by atoms with van der Waals surface area (Å²) in [5, 5.41) is 5.64. The molecule has 2 N–H and O–H groups in total. The number of rotatable bonds is 11. The van der Waals surface area contributed by atoms with Gasteiger partial charge in [-0.05, 0) is 44.0 Å². The number of methoxy groups -OCH3 is 1. The zero-order valence-corrected chi connectivity index (χ0v) is 15.5. The van der Waals surface area contributed by atoms with Crippen molar-refractivity contribution in [2.75, 3.05) is 33.8 Å². The molecule has 0 radical (unpaired) electrons. The maximum atomic E-state index is 12.3. The van der Waals surface area contributed by atoms with Gasteiger partial charge in [-0.2, -0.15) is 8.78 Å². The Kier molecular flexibility index (Phi) is 7.78. The number of hydrogen-bond donors (Lipinski definition) is 2. The standard InChI is InChI=1S/C18H25F2N3O4/c1-23(11-17(25)22-13-4-5-13)10-16(24)21-8-7-12-3-6-14(27-18(19)20)15(9-12)26-2/h3,6,9,13,18H,4-5,7-8,10-11H2,1-2H3,(H,21,24)(H,22,25). The van der Waals surface area contributed by atoms with Crippen LogP contribution in [-0.2, 0) is 16.0 Å². The molecule has 0 atom stereocenters. The number of ether oxygens (including phenoxy) is 2. The summed E-state index contributed by atoms with van der Waals surface area (Å²) in [5.74, 6) is -0.0979. The van der Waals surface area contributed by atoms with Crippen LogP contribution >= 0.6 is 0 Å². The van der Waals surface area contributed by atoms with Crippen LogP contribution in [0.4, 0.5) is 8.78 Å². The number of nitrogens with zero attached hydrogens (tertiary/aromatic N) is 1. The lowest BCUT2D eigenvalue weighted by Crippen LogP contribution is -2.41. The van der Waals surface area contributed by atoms with Crippen molar-refractivity contribution in [2.24, 2.45) is 0 Å². The highest BCUT2D eigenvalue weighted by molar-refractivity contribution is 5.81. The second-order valence-corrected chi connectivity index (χ2v) is 6.48. The van der Waals surface area contributed by atoms with E-state index in [2.05, 4.69) is 15.4 Å². The van der Waals surface area contributed by atoms with Gasteiger partial charge in [-0.1, -0.05) is 6.07 Å². The molecular weight excluding hydrogens is 360 g/mol. The Labute approximate surface area is 157 Å². The third-order valence-electron chi connectivity index (χ3n) is 3.95. The molecule has 0 heterocycles. The summed E-state index contributed by atoms with van der Waals surface area (Å²) in [7, 11) is 3.08. The molecule has 2 amide bonds. The van der Waals surface area contributed by atoms with Gasteiger partial charge in [0.2, 0.25) is 11.8 Å². The molecule has 1 aromatic carbocycles. The van der Waals surface area contributed by atoms with E-state index < -0.39 is 6.61 Å². The number of alkyl halides is 2. The Morgan fingerprint density at radius 1 is 1.22 bits per heavy atom. The molecule has 27 heavy (non-hydrogen) atoms. The first-order valence-electron chi connectivity index (χ1n) is 8.73. The first-order valence-corrected chi connectivity index (χ1v) is 8.73. The van der Waals surface area contributed by atoms with Crippen molar-refractivity contribution in [3.63, 3.8) is 0 Å². The number of halogens is 2. The molecule has 1 aromatic rings. The zero-order valence-electron chi connectivity index (χ0n) is 15.5. The Hall–Kier alpha value is -2.42. The van der Waals surface area contributed by atoms with Crippen molar-refractivity contribution in [3.8, 4) is 11.5 Å². The van der Waals surface area contributed by atoms with Gasteiger partial charge >= 0.3 is 6.61 Å². The minimum absolute atomic E-state index is 0.0358. The van der Waals surface area contributed by atoms with Gasteiger partial charge in [0.15, 0.2) is 11.5 Å². The van der Waals surface area contributed by atoms with Gasteiger partial charge in [0, 0.05) is 12.6 Å². The van der Waals surface area contributed by atoms with Crippen molar-refractivity contribution in [2.45, 2.75) is 31.9 Å². The number of hydrogen-bond acceptors (Lipinski definition) is 5. The summed E-state index contributed by atoms with van der Waals surface area (Å²) in [5.41, 5.74) is 0.811. The molecule has 0 aromatic heterocycles. The van der Waals surface area contributed by atoms with Crippen LogP contribution in [0.3, 0.4) is 0 Å². The van der Waals surface area contributed by atoms with E-state index in [1.54, 1.807) is 24.1 Å². The van der Waals surface area contributed by atoms with Gasteiger partial charge in [0.05, 0.1) is 20.2 Å². The van der Waals surface area contributed by atoms with Crippen LogP contribution in [0.25, 0.3) is 0 Å². The topological polar surface area (TPSA) is 79.9 Å². The van der Waals surface area contributed by atoms with Crippen LogP contribution < -0.4 is 20.1 Å². The predicted octanol–water partition coefficient (Wildman–Crippen LogP) is 1.17. The second kappa shape index (κ2) is 10.1.